The minimum absolute atomic E-state index is 0.00803. The molecule has 1 aromatic carbocycles. The van der Waals surface area contributed by atoms with Crippen LogP contribution in [0.4, 0.5) is 5.69 Å². The predicted molar refractivity (Wildman–Crippen MR) is 99.9 cm³/mol. The second kappa shape index (κ2) is 8.65. The van der Waals surface area contributed by atoms with Crippen LogP contribution in [0.15, 0.2) is 24.3 Å². The maximum Gasteiger partial charge on any atom is 0.250 e. The smallest absolute Gasteiger partial charge is 0.250 e. The van der Waals surface area contributed by atoms with Gasteiger partial charge in [-0.3, -0.25) is 9.69 Å². The van der Waals surface area contributed by atoms with Crippen LogP contribution in [-0.2, 0) is 16.1 Å². The Labute approximate surface area is 150 Å². The van der Waals surface area contributed by atoms with Gasteiger partial charge in [0.25, 0.3) is 5.91 Å². The van der Waals surface area contributed by atoms with Gasteiger partial charge in [0.1, 0.15) is 6.10 Å². The van der Waals surface area contributed by atoms with Crippen LogP contribution in [-0.4, -0.2) is 81.3 Å². The number of ether oxygens (including phenoxy) is 1. The van der Waals surface area contributed by atoms with Crippen LogP contribution >= 0.6 is 0 Å². The summed E-state index contributed by atoms with van der Waals surface area (Å²) < 4.78 is 5.65. The Morgan fingerprint density at radius 2 is 1.96 bits per heavy atom. The molecule has 2 aliphatic rings. The largest absolute Gasteiger partial charge is 0.369 e. The Balaban J connectivity index is 1.58. The van der Waals surface area contributed by atoms with Gasteiger partial charge in [-0.2, -0.15) is 0 Å². The zero-order valence-corrected chi connectivity index (χ0v) is 15.4. The van der Waals surface area contributed by atoms with E-state index >= 15 is 0 Å². The van der Waals surface area contributed by atoms with Crippen molar-refractivity contribution in [1.29, 1.82) is 0 Å². The number of morpholine rings is 1. The molecule has 25 heavy (non-hydrogen) atoms. The lowest BCUT2D eigenvalue weighted by molar-refractivity contribution is -0.138. The SMILES string of the molecule is CCN1CCO[C@H](C(=O)NCc2ccccc2N2CCN(C)CC2)C1. The lowest BCUT2D eigenvalue weighted by Crippen LogP contribution is -2.49. The first kappa shape index (κ1) is 18.2. The van der Waals surface area contributed by atoms with Crippen molar-refractivity contribution in [2.24, 2.45) is 0 Å². The molecule has 1 N–H and O–H groups in total. The van der Waals surface area contributed by atoms with E-state index in [1.807, 2.05) is 6.07 Å². The number of hydrogen-bond donors (Lipinski definition) is 1. The summed E-state index contributed by atoms with van der Waals surface area (Å²) in [4.78, 5) is 19.5. The van der Waals surface area contributed by atoms with Gasteiger partial charge in [0.2, 0.25) is 0 Å². The molecule has 138 valence electrons. The summed E-state index contributed by atoms with van der Waals surface area (Å²) in [7, 11) is 2.16. The number of carbonyl (C=O) groups is 1. The molecule has 6 heteroatoms. The standard InChI is InChI=1S/C19H30N4O2/c1-3-22-12-13-25-18(15-22)19(24)20-14-16-6-4-5-7-17(16)23-10-8-21(2)9-11-23/h4-7,18H,3,8-15H2,1-2H3,(H,20,24)/t18-/m0/s1. The fourth-order valence-corrected chi connectivity index (χ4v) is 3.46. The molecule has 0 bridgehead atoms. The van der Waals surface area contributed by atoms with Crippen LogP contribution in [0.2, 0.25) is 0 Å². The first-order chi connectivity index (χ1) is 12.2. The molecule has 2 heterocycles. The van der Waals surface area contributed by atoms with Gasteiger partial charge in [0, 0.05) is 51.5 Å². The third-order valence-corrected chi connectivity index (χ3v) is 5.18. The van der Waals surface area contributed by atoms with Crippen LogP contribution in [0.25, 0.3) is 0 Å². The van der Waals surface area contributed by atoms with E-state index in [0.29, 0.717) is 19.7 Å². The molecule has 3 rings (SSSR count). The van der Waals surface area contributed by atoms with Gasteiger partial charge < -0.3 is 19.9 Å². The molecule has 2 fully saturated rings. The van der Waals surface area contributed by atoms with E-state index in [4.69, 9.17) is 4.74 Å². The van der Waals surface area contributed by atoms with Gasteiger partial charge in [0.05, 0.1) is 6.61 Å². The number of nitrogens with zero attached hydrogens (tertiary/aromatic N) is 3. The number of anilines is 1. The molecule has 2 saturated heterocycles. The van der Waals surface area contributed by atoms with Crippen molar-refractivity contribution >= 4 is 11.6 Å². The summed E-state index contributed by atoms with van der Waals surface area (Å²) in [6.45, 7) is 10.0. The van der Waals surface area contributed by atoms with E-state index in [1.165, 1.54) is 11.3 Å². The third-order valence-electron chi connectivity index (χ3n) is 5.18. The highest BCUT2D eigenvalue weighted by Gasteiger charge is 2.26. The molecule has 1 amide bonds. The average Bonchev–Trinajstić information content (AvgIpc) is 2.67. The molecule has 0 unspecified atom stereocenters. The minimum Gasteiger partial charge on any atom is -0.369 e. The van der Waals surface area contributed by atoms with Crippen LogP contribution in [0.5, 0.6) is 0 Å². The third kappa shape index (κ3) is 4.71. The molecule has 0 saturated carbocycles. The average molecular weight is 346 g/mol. The van der Waals surface area contributed by atoms with Crippen molar-refractivity contribution in [2.45, 2.75) is 19.6 Å². The van der Waals surface area contributed by atoms with Crippen molar-refractivity contribution in [3.63, 3.8) is 0 Å². The zero-order valence-electron chi connectivity index (χ0n) is 15.4. The summed E-state index contributed by atoms with van der Waals surface area (Å²) >= 11 is 0. The van der Waals surface area contributed by atoms with Gasteiger partial charge >= 0.3 is 0 Å². The van der Waals surface area contributed by atoms with Crippen molar-refractivity contribution in [3.05, 3.63) is 29.8 Å². The van der Waals surface area contributed by atoms with Gasteiger partial charge in [0.15, 0.2) is 0 Å². The van der Waals surface area contributed by atoms with Gasteiger partial charge in [-0.25, -0.2) is 0 Å². The fraction of sp³-hybridized carbons (Fsp3) is 0.632. The number of piperazine rings is 1. The molecular weight excluding hydrogens is 316 g/mol. The number of carbonyl (C=O) groups excluding carboxylic acids is 1. The van der Waals surface area contributed by atoms with Crippen molar-refractivity contribution in [2.75, 3.05) is 64.4 Å². The highest BCUT2D eigenvalue weighted by Crippen LogP contribution is 2.21. The zero-order chi connectivity index (χ0) is 17.6. The molecule has 6 nitrogen and oxygen atoms in total. The van der Waals surface area contributed by atoms with Crippen molar-refractivity contribution in [3.8, 4) is 0 Å². The molecule has 0 spiro atoms. The number of benzene rings is 1. The fourth-order valence-electron chi connectivity index (χ4n) is 3.46. The Bertz CT molecular complexity index is 572. The molecule has 1 aromatic rings. The van der Waals surface area contributed by atoms with Gasteiger partial charge in [-0.1, -0.05) is 25.1 Å². The number of hydrogen-bond acceptors (Lipinski definition) is 5. The maximum absolute atomic E-state index is 12.5. The second-order valence-corrected chi connectivity index (χ2v) is 6.89. The van der Waals surface area contributed by atoms with E-state index in [0.717, 1.165) is 39.3 Å². The van der Waals surface area contributed by atoms with Crippen molar-refractivity contribution in [1.82, 2.24) is 15.1 Å². The van der Waals surface area contributed by atoms with Crippen molar-refractivity contribution < 1.29 is 9.53 Å². The molecule has 2 aliphatic heterocycles. The summed E-state index contributed by atoms with van der Waals surface area (Å²) in [5.74, 6) is -0.00803. The van der Waals surface area contributed by atoms with E-state index in [2.05, 4.69) is 52.2 Å². The Hall–Kier alpha value is -1.63. The highest BCUT2D eigenvalue weighted by molar-refractivity contribution is 5.81. The van der Waals surface area contributed by atoms with Crippen LogP contribution < -0.4 is 10.2 Å². The molecule has 0 radical (unpaired) electrons. The summed E-state index contributed by atoms with van der Waals surface area (Å²) in [5, 5.41) is 3.07. The van der Waals surface area contributed by atoms with Gasteiger partial charge in [-0.15, -0.1) is 0 Å². The minimum atomic E-state index is -0.357. The predicted octanol–water partition coefficient (Wildman–Crippen LogP) is 0.775. The number of amides is 1. The monoisotopic (exact) mass is 346 g/mol. The summed E-state index contributed by atoms with van der Waals surface area (Å²) in [5.41, 5.74) is 2.40. The Kier molecular flexibility index (Phi) is 6.29. The molecule has 0 aromatic heterocycles. The van der Waals surface area contributed by atoms with E-state index in [-0.39, 0.29) is 12.0 Å². The Morgan fingerprint density at radius 3 is 2.72 bits per heavy atom. The van der Waals surface area contributed by atoms with Crippen LogP contribution in [0, 0.1) is 0 Å². The van der Waals surface area contributed by atoms with E-state index < -0.39 is 0 Å². The van der Waals surface area contributed by atoms with Crippen LogP contribution in [0.3, 0.4) is 0 Å². The molecule has 0 aliphatic carbocycles. The summed E-state index contributed by atoms with van der Waals surface area (Å²) in [6, 6.07) is 8.37. The Morgan fingerprint density at radius 1 is 1.20 bits per heavy atom. The normalized spacial score (nSPS) is 22.8. The number of rotatable bonds is 5. The number of para-hydroxylation sites is 1. The van der Waals surface area contributed by atoms with Gasteiger partial charge in [-0.05, 0) is 25.2 Å². The molecular formula is C19H30N4O2. The topological polar surface area (TPSA) is 48.1 Å². The highest BCUT2D eigenvalue weighted by atomic mass is 16.5. The number of likely N-dealkylation sites (N-methyl/N-ethyl adjacent to an activating group) is 2. The number of nitrogens with one attached hydrogen (secondary N) is 1. The van der Waals surface area contributed by atoms with E-state index in [1.54, 1.807) is 0 Å². The molecule has 1 atom stereocenters. The first-order valence-corrected chi connectivity index (χ1v) is 9.30. The van der Waals surface area contributed by atoms with E-state index in [9.17, 15) is 4.79 Å². The lowest BCUT2D eigenvalue weighted by Gasteiger charge is -2.35. The summed E-state index contributed by atoms with van der Waals surface area (Å²) in [6.07, 6.45) is -0.357. The first-order valence-electron chi connectivity index (χ1n) is 9.30. The maximum atomic E-state index is 12.5. The quantitative estimate of drug-likeness (QED) is 0.854. The second-order valence-electron chi connectivity index (χ2n) is 6.89. The van der Waals surface area contributed by atoms with Crippen LogP contribution in [0.1, 0.15) is 12.5 Å². The lowest BCUT2D eigenvalue weighted by atomic mass is 10.1.